The van der Waals surface area contributed by atoms with Crippen molar-refractivity contribution < 1.29 is 28.5 Å². The van der Waals surface area contributed by atoms with Gasteiger partial charge in [-0.15, -0.1) is 0 Å². The van der Waals surface area contributed by atoms with Gasteiger partial charge in [0.15, 0.2) is 17.3 Å². The van der Waals surface area contributed by atoms with Crippen molar-refractivity contribution in [3.05, 3.63) is 76.1 Å². The highest BCUT2D eigenvalue weighted by Crippen LogP contribution is 2.48. The Kier molecular flexibility index (Phi) is 8.14. The Morgan fingerprint density at radius 2 is 1.76 bits per heavy atom. The predicted molar refractivity (Wildman–Crippen MR) is 145 cm³/mol. The Morgan fingerprint density at radius 3 is 2.42 bits per heavy atom. The first-order valence-electron chi connectivity index (χ1n) is 13.0. The predicted octanol–water partition coefficient (Wildman–Crippen LogP) is 5.84. The van der Waals surface area contributed by atoms with Crippen molar-refractivity contribution in [3.63, 3.8) is 0 Å². The summed E-state index contributed by atoms with van der Waals surface area (Å²) < 4.78 is 22.5. The van der Waals surface area contributed by atoms with Gasteiger partial charge in [-0.2, -0.15) is 0 Å². The molecule has 202 valence electrons. The van der Waals surface area contributed by atoms with Gasteiger partial charge in [-0.25, -0.2) is 4.79 Å². The van der Waals surface area contributed by atoms with Crippen LogP contribution in [0.3, 0.4) is 0 Å². The van der Waals surface area contributed by atoms with Crippen LogP contribution in [-0.4, -0.2) is 32.6 Å². The quantitative estimate of drug-likeness (QED) is 0.417. The number of hydrogen-bond donors (Lipinski definition) is 1. The average molecular weight is 520 g/mol. The van der Waals surface area contributed by atoms with E-state index in [0.717, 1.165) is 29.0 Å². The number of methoxy groups -OCH3 is 2. The lowest BCUT2D eigenvalue weighted by molar-refractivity contribution is -0.140. The fraction of sp³-hybridized carbons (Fsp3) is 0.419. The first kappa shape index (κ1) is 27.3. The molecule has 0 unspecified atom stereocenters. The molecule has 7 nitrogen and oxygen atoms in total. The lowest BCUT2D eigenvalue weighted by Crippen LogP contribution is -2.38. The highest BCUT2D eigenvalue weighted by Gasteiger charge is 2.43. The van der Waals surface area contributed by atoms with E-state index >= 15 is 0 Å². The number of Topliss-reactive ketones (excluding diaryl/α,β-unsaturated/α-hetero) is 1. The van der Waals surface area contributed by atoms with Crippen molar-refractivity contribution in [2.45, 2.75) is 59.5 Å². The van der Waals surface area contributed by atoms with Crippen LogP contribution in [0.25, 0.3) is 0 Å². The third kappa shape index (κ3) is 5.72. The Hall–Kier alpha value is -3.74. The molecule has 1 heterocycles. The molecule has 0 saturated carbocycles. The third-order valence-electron chi connectivity index (χ3n) is 6.97. The number of esters is 1. The average Bonchev–Trinajstić information content (AvgIpc) is 2.89. The minimum Gasteiger partial charge on any atom is -0.497 e. The van der Waals surface area contributed by atoms with E-state index in [2.05, 4.69) is 19.2 Å². The van der Waals surface area contributed by atoms with E-state index in [1.165, 1.54) is 0 Å². The fourth-order valence-electron chi connectivity index (χ4n) is 5.18. The number of benzene rings is 2. The summed E-state index contributed by atoms with van der Waals surface area (Å²) in [5, 5.41) is 3.38. The van der Waals surface area contributed by atoms with E-state index in [1.807, 2.05) is 56.3 Å². The molecule has 1 aliphatic carbocycles. The van der Waals surface area contributed by atoms with E-state index in [4.69, 9.17) is 18.9 Å². The van der Waals surface area contributed by atoms with Crippen molar-refractivity contribution in [1.29, 1.82) is 0 Å². The lowest BCUT2D eigenvalue weighted by atomic mass is 9.68. The Balaban J connectivity index is 1.72. The number of ether oxygens (including phenoxy) is 4. The molecular formula is C31H37NO6. The van der Waals surface area contributed by atoms with Crippen LogP contribution in [0.5, 0.6) is 17.2 Å². The fourth-order valence-corrected chi connectivity index (χ4v) is 5.18. The van der Waals surface area contributed by atoms with Gasteiger partial charge >= 0.3 is 5.97 Å². The molecule has 7 heteroatoms. The minimum absolute atomic E-state index is 0.0342. The number of allylic oxidation sites excluding steroid dienone is 3. The molecule has 0 spiro atoms. The molecule has 0 amide bonds. The van der Waals surface area contributed by atoms with Crippen molar-refractivity contribution >= 4 is 11.8 Å². The Morgan fingerprint density at radius 1 is 1.03 bits per heavy atom. The van der Waals surface area contributed by atoms with Crippen molar-refractivity contribution in [3.8, 4) is 17.2 Å². The monoisotopic (exact) mass is 519 g/mol. The van der Waals surface area contributed by atoms with Gasteiger partial charge in [0, 0.05) is 29.3 Å². The molecule has 0 bridgehead atoms. The summed E-state index contributed by atoms with van der Waals surface area (Å²) in [5.74, 6) is 0.906. The van der Waals surface area contributed by atoms with Crippen molar-refractivity contribution in [2.75, 3.05) is 20.8 Å². The number of carbonyl (C=O) groups is 2. The van der Waals surface area contributed by atoms with E-state index in [9.17, 15) is 9.59 Å². The van der Waals surface area contributed by atoms with Crippen LogP contribution in [0.2, 0.25) is 0 Å². The molecular weight excluding hydrogens is 482 g/mol. The Bertz CT molecular complexity index is 1270. The highest BCUT2D eigenvalue weighted by atomic mass is 16.5. The second-order valence-electron chi connectivity index (χ2n) is 10.6. The van der Waals surface area contributed by atoms with Crippen LogP contribution < -0.4 is 19.5 Å². The second kappa shape index (κ2) is 11.3. The van der Waals surface area contributed by atoms with E-state index in [1.54, 1.807) is 14.2 Å². The zero-order valence-electron chi connectivity index (χ0n) is 23.1. The molecule has 2 aliphatic rings. The van der Waals surface area contributed by atoms with Crippen molar-refractivity contribution in [1.82, 2.24) is 5.32 Å². The van der Waals surface area contributed by atoms with Crippen LogP contribution >= 0.6 is 0 Å². The number of ketones is 1. The molecule has 1 atom stereocenters. The van der Waals surface area contributed by atoms with Gasteiger partial charge in [0.1, 0.15) is 12.4 Å². The molecule has 2 aromatic carbocycles. The second-order valence-corrected chi connectivity index (χ2v) is 10.6. The molecule has 38 heavy (non-hydrogen) atoms. The molecule has 1 N–H and O–H groups in total. The maximum absolute atomic E-state index is 13.6. The molecule has 0 fully saturated rings. The van der Waals surface area contributed by atoms with Crippen LogP contribution in [0.1, 0.15) is 64.0 Å². The normalized spacial score (nSPS) is 18.5. The van der Waals surface area contributed by atoms with Gasteiger partial charge in [-0.3, -0.25) is 4.79 Å². The lowest BCUT2D eigenvalue weighted by Gasteiger charge is -2.39. The number of nitrogens with one attached hydrogen (secondary N) is 1. The van der Waals surface area contributed by atoms with Gasteiger partial charge in [-0.05, 0) is 60.6 Å². The summed E-state index contributed by atoms with van der Waals surface area (Å²) in [6.07, 6.45) is 1.99. The summed E-state index contributed by atoms with van der Waals surface area (Å²) in [5.41, 5.74) is 4.05. The van der Waals surface area contributed by atoms with Crippen LogP contribution in [-0.2, 0) is 20.9 Å². The zero-order chi connectivity index (χ0) is 27.4. The largest absolute Gasteiger partial charge is 0.497 e. The highest BCUT2D eigenvalue weighted by molar-refractivity contribution is 6.04. The molecule has 0 radical (unpaired) electrons. The van der Waals surface area contributed by atoms with Gasteiger partial charge in [0.25, 0.3) is 0 Å². The van der Waals surface area contributed by atoms with E-state index in [-0.39, 0.29) is 17.8 Å². The summed E-state index contributed by atoms with van der Waals surface area (Å²) in [7, 11) is 3.19. The van der Waals surface area contributed by atoms with Gasteiger partial charge < -0.3 is 24.3 Å². The standard InChI is InChI=1S/C31H37NO6/c1-7-14-37-25-13-10-21(15-26(25)36-6)28-27(30(34)38-18-20-8-11-22(35-5)12-9-20)19(2)32-23-16-31(3,4)17-24(33)29(23)28/h8-13,15,28,32H,7,14,16-18H2,1-6H3/t28-/m1/s1. The van der Waals surface area contributed by atoms with Gasteiger partial charge in [-0.1, -0.05) is 39.0 Å². The molecule has 0 aromatic heterocycles. The first-order chi connectivity index (χ1) is 18.2. The SMILES string of the molecule is CCCOc1ccc([C@@H]2C(C(=O)OCc3ccc(OC)cc3)=C(C)NC3=C2C(=O)CC(C)(C)C3)cc1OC. The number of dihydropyridines is 1. The van der Waals surface area contributed by atoms with Crippen molar-refractivity contribution in [2.24, 2.45) is 5.41 Å². The maximum Gasteiger partial charge on any atom is 0.337 e. The van der Waals surface area contributed by atoms with E-state index in [0.29, 0.717) is 47.8 Å². The minimum atomic E-state index is -0.577. The first-order valence-corrected chi connectivity index (χ1v) is 13.0. The molecule has 4 rings (SSSR count). The summed E-state index contributed by atoms with van der Waals surface area (Å²) in [6.45, 7) is 8.75. The molecule has 1 aliphatic heterocycles. The van der Waals surface area contributed by atoms with Gasteiger partial charge in [0.2, 0.25) is 0 Å². The summed E-state index contributed by atoms with van der Waals surface area (Å²) in [4.78, 5) is 27.2. The number of carbonyl (C=O) groups excluding carboxylic acids is 2. The molecule has 2 aromatic rings. The van der Waals surface area contributed by atoms with E-state index < -0.39 is 11.9 Å². The smallest absolute Gasteiger partial charge is 0.337 e. The molecule has 0 saturated heterocycles. The number of hydrogen-bond acceptors (Lipinski definition) is 7. The van der Waals surface area contributed by atoms with Crippen LogP contribution in [0.4, 0.5) is 0 Å². The Labute approximate surface area is 224 Å². The van der Waals surface area contributed by atoms with Crippen LogP contribution in [0.15, 0.2) is 65.0 Å². The summed E-state index contributed by atoms with van der Waals surface area (Å²) in [6, 6.07) is 13.0. The topological polar surface area (TPSA) is 83.1 Å². The number of rotatable bonds is 9. The third-order valence-corrected chi connectivity index (χ3v) is 6.97. The summed E-state index contributed by atoms with van der Waals surface area (Å²) >= 11 is 0. The maximum atomic E-state index is 13.6. The van der Waals surface area contributed by atoms with Crippen LogP contribution in [0, 0.1) is 5.41 Å². The van der Waals surface area contributed by atoms with Gasteiger partial charge in [0.05, 0.1) is 26.4 Å². The zero-order valence-corrected chi connectivity index (χ0v) is 23.1.